The van der Waals surface area contributed by atoms with Gasteiger partial charge in [-0.05, 0) is 32.3 Å². The van der Waals surface area contributed by atoms with E-state index in [0.29, 0.717) is 25.0 Å². The maximum Gasteiger partial charge on any atom is 0.326 e. The largest absolute Gasteiger partial charge is 0.480 e. The van der Waals surface area contributed by atoms with E-state index in [1.807, 2.05) is 0 Å². The molecule has 1 aliphatic rings. The second-order valence-electron chi connectivity index (χ2n) is 6.50. The molecule has 1 saturated heterocycles. The highest BCUT2D eigenvalue weighted by atomic mass is 16.6. The van der Waals surface area contributed by atoms with Gasteiger partial charge < -0.3 is 10.0 Å². The van der Waals surface area contributed by atoms with Crippen molar-refractivity contribution in [2.75, 3.05) is 6.54 Å². The molecule has 2 aromatic rings. The van der Waals surface area contributed by atoms with Crippen LogP contribution in [0.1, 0.15) is 35.4 Å². The number of piperidine rings is 1. The number of amides is 1. The number of rotatable bonds is 4. The van der Waals surface area contributed by atoms with Crippen LogP contribution in [-0.2, 0) is 4.79 Å². The van der Waals surface area contributed by atoms with Gasteiger partial charge in [-0.15, -0.1) is 0 Å². The number of likely N-dealkylation sites (tertiary alicyclic amines) is 1. The first-order chi connectivity index (χ1) is 13.3. The summed E-state index contributed by atoms with van der Waals surface area (Å²) in [5.74, 6) is -1.93. The van der Waals surface area contributed by atoms with E-state index >= 15 is 0 Å². The van der Waals surface area contributed by atoms with E-state index in [1.54, 1.807) is 13.0 Å². The van der Waals surface area contributed by atoms with Gasteiger partial charge in [-0.25, -0.2) is 9.48 Å². The normalized spacial score (nSPS) is 16.6. The number of nitro groups is 1. The maximum absolute atomic E-state index is 12.9. The fraction of sp³-hybridized carbons (Fsp3) is 0.333. The summed E-state index contributed by atoms with van der Waals surface area (Å²) in [6.45, 7) is 1.75. The van der Waals surface area contributed by atoms with Gasteiger partial charge in [-0.2, -0.15) is 5.10 Å². The van der Waals surface area contributed by atoms with Crippen molar-refractivity contribution in [2.24, 2.45) is 0 Å². The van der Waals surface area contributed by atoms with Crippen LogP contribution in [0.25, 0.3) is 5.69 Å². The average Bonchev–Trinajstić information content (AvgIpc) is 2.67. The summed E-state index contributed by atoms with van der Waals surface area (Å²) in [5.41, 5.74) is -0.942. The molecule has 1 aliphatic heterocycles. The third-order valence-corrected chi connectivity index (χ3v) is 4.67. The molecule has 0 saturated carbocycles. The maximum atomic E-state index is 12.9. The van der Waals surface area contributed by atoms with E-state index in [0.717, 1.165) is 15.6 Å². The quantitative estimate of drug-likeness (QED) is 0.621. The van der Waals surface area contributed by atoms with Crippen LogP contribution in [-0.4, -0.2) is 49.2 Å². The Morgan fingerprint density at radius 2 is 2.00 bits per heavy atom. The number of carboxylic acid groups (broad SMARTS) is 1. The summed E-state index contributed by atoms with van der Waals surface area (Å²) in [4.78, 5) is 48.6. The number of nitro benzene ring substituents is 1. The Balaban J connectivity index is 2.10. The van der Waals surface area contributed by atoms with Crippen LogP contribution in [0.3, 0.4) is 0 Å². The van der Waals surface area contributed by atoms with Crippen LogP contribution in [0.15, 0.2) is 35.1 Å². The number of hydrogen-bond acceptors (Lipinski definition) is 6. The monoisotopic (exact) mass is 386 g/mol. The number of carbonyl (C=O) groups is 2. The summed E-state index contributed by atoms with van der Waals surface area (Å²) >= 11 is 0. The highest BCUT2D eigenvalue weighted by molar-refractivity contribution is 5.95. The highest BCUT2D eigenvalue weighted by Crippen LogP contribution is 2.23. The number of aliphatic carboxylic acids is 1. The predicted octanol–water partition coefficient (Wildman–Crippen LogP) is 1.53. The number of benzene rings is 1. The van der Waals surface area contributed by atoms with Gasteiger partial charge in [0.2, 0.25) is 5.43 Å². The van der Waals surface area contributed by atoms with Gasteiger partial charge in [-0.3, -0.25) is 19.7 Å². The van der Waals surface area contributed by atoms with Gasteiger partial charge in [0, 0.05) is 24.4 Å². The van der Waals surface area contributed by atoms with Crippen molar-refractivity contribution in [3.05, 3.63) is 62.1 Å². The third kappa shape index (κ3) is 3.48. The van der Waals surface area contributed by atoms with E-state index in [4.69, 9.17) is 0 Å². The zero-order chi connectivity index (χ0) is 20.4. The summed E-state index contributed by atoms with van der Waals surface area (Å²) in [6.07, 6.45) is 1.59. The smallest absolute Gasteiger partial charge is 0.326 e. The number of hydrogen-bond donors (Lipinski definition) is 1. The molecule has 28 heavy (non-hydrogen) atoms. The van der Waals surface area contributed by atoms with Crippen molar-refractivity contribution >= 4 is 17.6 Å². The van der Waals surface area contributed by atoms with Crippen molar-refractivity contribution in [1.29, 1.82) is 0 Å². The fourth-order valence-corrected chi connectivity index (χ4v) is 3.30. The zero-order valence-corrected chi connectivity index (χ0v) is 15.1. The fourth-order valence-electron chi connectivity index (χ4n) is 3.30. The van der Waals surface area contributed by atoms with Crippen molar-refractivity contribution < 1.29 is 19.6 Å². The number of aryl methyl sites for hydroxylation is 1. The Hall–Kier alpha value is -3.56. The van der Waals surface area contributed by atoms with Gasteiger partial charge in [0.15, 0.2) is 5.69 Å². The lowest BCUT2D eigenvalue weighted by Gasteiger charge is -2.32. The number of para-hydroxylation sites is 2. The van der Waals surface area contributed by atoms with Crippen molar-refractivity contribution in [3.63, 3.8) is 0 Å². The SMILES string of the molecule is Cc1cc(=O)c(C(=O)N2CCCCC2C(=O)O)nn1-c1ccccc1[N+](=O)[O-]. The molecule has 1 unspecified atom stereocenters. The lowest BCUT2D eigenvalue weighted by atomic mass is 10.0. The first-order valence-electron chi connectivity index (χ1n) is 8.70. The second-order valence-corrected chi connectivity index (χ2v) is 6.50. The van der Waals surface area contributed by atoms with Crippen molar-refractivity contribution in [2.45, 2.75) is 32.2 Å². The molecule has 3 rings (SSSR count). The molecule has 0 radical (unpaired) electrons. The van der Waals surface area contributed by atoms with Crippen LogP contribution >= 0.6 is 0 Å². The molecular formula is C18H18N4O6. The standard InChI is InChI=1S/C18H18N4O6/c1-11-10-15(23)16(17(24)20-9-5-4-8-14(20)18(25)26)19-21(11)12-6-2-3-7-13(12)22(27)28/h2-3,6-7,10,14H,4-5,8-9H2,1H3,(H,25,26). The number of aromatic nitrogens is 2. The summed E-state index contributed by atoms with van der Waals surface area (Å²) in [7, 11) is 0. The molecule has 1 amide bonds. The van der Waals surface area contributed by atoms with Crippen LogP contribution in [0.5, 0.6) is 0 Å². The lowest BCUT2D eigenvalue weighted by molar-refractivity contribution is -0.384. The minimum Gasteiger partial charge on any atom is -0.480 e. The molecule has 1 aromatic heterocycles. The van der Waals surface area contributed by atoms with E-state index in [1.165, 1.54) is 18.2 Å². The first kappa shape index (κ1) is 19.2. The molecule has 10 heteroatoms. The van der Waals surface area contributed by atoms with Gasteiger partial charge in [-0.1, -0.05) is 12.1 Å². The second kappa shape index (κ2) is 7.59. The minimum atomic E-state index is -1.14. The van der Waals surface area contributed by atoms with E-state index in [2.05, 4.69) is 5.10 Å². The van der Waals surface area contributed by atoms with E-state index in [9.17, 15) is 29.6 Å². The molecule has 10 nitrogen and oxygen atoms in total. The van der Waals surface area contributed by atoms with Gasteiger partial charge in [0.05, 0.1) is 4.92 Å². The molecule has 146 valence electrons. The van der Waals surface area contributed by atoms with E-state index < -0.39 is 34.0 Å². The van der Waals surface area contributed by atoms with Gasteiger partial charge in [0.1, 0.15) is 11.7 Å². The van der Waals surface area contributed by atoms with Gasteiger partial charge in [0.25, 0.3) is 11.6 Å². The molecule has 0 aliphatic carbocycles. The first-order valence-corrected chi connectivity index (χ1v) is 8.70. The average molecular weight is 386 g/mol. The summed E-state index contributed by atoms with van der Waals surface area (Å²) in [5, 5.41) is 24.8. The molecule has 1 N–H and O–H groups in total. The highest BCUT2D eigenvalue weighted by Gasteiger charge is 2.34. The van der Waals surface area contributed by atoms with Crippen LogP contribution in [0.2, 0.25) is 0 Å². The number of carbonyl (C=O) groups excluding carboxylic acids is 1. The van der Waals surface area contributed by atoms with Crippen molar-refractivity contribution in [3.8, 4) is 5.69 Å². The molecular weight excluding hydrogens is 368 g/mol. The molecule has 1 atom stereocenters. The Labute approximate surface area is 159 Å². The lowest BCUT2D eigenvalue weighted by Crippen LogP contribution is -2.49. The summed E-state index contributed by atoms with van der Waals surface area (Å²) < 4.78 is 1.16. The number of carboxylic acids is 1. The Bertz CT molecular complexity index is 1020. The van der Waals surface area contributed by atoms with E-state index in [-0.39, 0.29) is 17.9 Å². The molecule has 1 fully saturated rings. The zero-order valence-electron chi connectivity index (χ0n) is 15.1. The molecule has 0 bridgehead atoms. The third-order valence-electron chi connectivity index (χ3n) is 4.67. The van der Waals surface area contributed by atoms with Crippen LogP contribution in [0, 0.1) is 17.0 Å². The summed E-state index contributed by atoms with van der Waals surface area (Å²) in [6, 6.07) is 5.96. The van der Waals surface area contributed by atoms with Gasteiger partial charge >= 0.3 is 5.97 Å². The van der Waals surface area contributed by atoms with Crippen molar-refractivity contribution in [1.82, 2.24) is 14.7 Å². The Morgan fingerprint density at radius 3 is 2.68 bits per heavy atom. The van der Waals surface area contributed by atoms with Crippen LogP contribution < -0.4 is 5.43 Å². The Morgan fingerprint density at radius 1 is 1.29 bits per heavy atom. The topological polar surface area (TPSA) is 136 Å². The Kier molecular flexibility index (Phi) is 5.21. The number of nitrogens with zero attached hydrogens (tertiary/aromatic N) is 4. The molecule has 0 spiro atoms. The predicted molar refractivity (Wildman–Crippen MR) is 97.5 cm³/mol. The van der Waals surface area contributed by atoms with Crippen LogP contribution in [0.4, 0.5) is 5.69 Å². The molecule has 2 heterocycles. The minimum absolute atomic E-state index is 0.104. The molecule has 1 aromatic carbocycles.